The van der Waals surface area contributed by atoms with Crippen LogP contribution in [0.2, 0.25) is 0 Å². The largest absolute Gasteiger partial charge is 0.466 e. The smallest absolute Gasteiger partial charge is 0.308 e. The Balaban J connectivity index is 3.24. The molecule has 0 aliphatic rings. The molecule has 0 bridgehead atoms. The minimum absolute atomic E-state index is 0.165. The lowest BCUT2D eigenvalue weighted by atomic mass is 10.0. The van der Waals surface area contributed by atoms with E-state index in [9.17, 15) is 9.90 Å². The van der Waals surface area contributed by atoms with Crippen molar-refractivity contribution in [2.75, 3.05) is 6.61 Å². The van der Waals surface area contributed by atoms with Crippen molar-refractivity contribution in [3.63, 3.8) is 0 Å². The summed E-state index contributed by atoms with van der Waals surface area (Å²) in [5.74, 6) is -0.219. The van der Waals surface area contributed by atoms with Gasteiger partial charge in [-0.05, 0) is 12.8 Å². The molecular weight excluding hydrogens is 601 g/mol. The standard InChI is InChI=1S/C46H92O3/c1-3-5-7-9-11-13-15-17-19-21-23-25-27-29-31-33-35-37-39-41-43-49-46(48)44-45(47)42-40-38-36-34-32-30-28-26-24-22-20-18-16-14-12-10-8-6-4-2/h45,47H,3-44H2,1-2H3. The molecule has 0 fully saturated rings. The van der Waals surface area contributed by atoms with Gasteiger partial charge < -0.3 is 9.84 Å². The Hall–Kier alpha value is -0.570. The summed E-state index contributed by atoms with van der Waals surface area (Å²) in [4.78, 5) is 12.1. The number of carbonyl (C=O) groups is 1. The summed E-state index contributed by atoms with van der Waals surface area (Å²) in [7, 11) is 0. The van der Waals surface area contributed by atoms with E-state index in [0.29, 0.717) is 6.61 Å². The minimum atomic E-state index is -0.534. The summed E-state index contributed by atoms with van der Waals surface area (Å²) < 4.78 is 5.39. The summed E-state index contributed by atoms with van der Waals surface area (Å²) in [6, 6.07) is 0. The maximum absolute atomic E-state index is 12.1. The number of unbranched alkanes of at least 4 members (excludes halogenated alkanes) is 37. The number of ether oxygens (including phenoxy) is 1. The Morgan fingerprint density at radius 1 is 0.367 bits per heavy atom. The van der Waals surface area contributed by atoms with Gasteiger partial charge in [0, 0.05) is 0 Å². The van der Waals surface area contributed by atoms with E-state index in [2.05, 4.69) is 13.8 Å². The summed E-state index contributed by atoms with van der Waals surface area (Å²) in [5.41, 5.74) is 0. The molecule has 0 heterocycles. The predicted octanol–water partition coefficient (Wildman–Crippen LogP) is 15.9. The second-order valence-corrected chi connectivity index (χ2v) is 15.9. The van der Waals surface area contributed by atoms with Crippen LogP contribution in [-0.4, -0.2) is 23.8 Å². The highest BCUT2D eigenvalue weighted by Crippen LogP contribution is 2.17. The zero-order valence-corrected chi connectivity index (χ0v) is 34.0. The fourth-order valence-corrected chi connectivity index (χ4v) is 7.36. The molecule has 49 heavy (non-hydrogen) atoms. The SMILES string of the molecule is CCCCCCCCCCCCCCCCCCCCCCOC(=O)CC(O)CCCCCCCCCCCCCCCCCCCCC. The van der Waals surface area contributed by atoms with Crippen LogP contribution in [0.3, 0.4) is 0 Å². The molecule has 0 aliphatic heterocycles. The van der Waals surface area contributed by atoms with E-state index in [1.807, 2.05) is 0 Å². The molecule has 1 N–H and O–H groups in total. The highest BCUT2D eigenvalue weighted by Gasteiger charge is 2.11. The molecule has 0 spiro atoms. The fraction of sp³-hybridized carbons (Fsp3) is 0.978. The Morgan fingerprint density at radius 3 is 0.857 bits per heavy atom. The van der Waals surface area contributed by atoms with Crippen LogP contribution in [0.4, 0.5) is 0 Å². The van der Waals surface area contributed by atoms with E-state index in [4.69, 9.17) is 4.74 Å². The third kappa shape index (κ3) is 43.5. The molecule has 3 nitrogen and oxygen atoms in total. The van der Waals surface area contributed by atoms with Gasteiger partial charge in [-0.25, -0.2) is 0 Å². The van der Waals surface area contributed by atoms with Crippen molar-refractivity contribution in [2.24, 2.45) is 0 Å². The van der Waals surface area contributed by atoms with Crippen molar-refractivity contribution in [1.82, 2.24) is 0 Å². The number of hydrogen-bond acceptors (Lipinski definition) is 3. The van der Waals surface area contributed by atoms with Gasteiger partial charge in [-0.15, -0.1) is 0 Å². The first-order chi connectivity index (χ1) is 24.2. The topological polar surface area (TPSA) is 46.5 Å². The van der Waals surface area contributed by atoms with Gasteiger partial charge in [0.15, 0.2) is 0 Å². The van der Waals surface area contributed by atoms with E-state index in [-0.39, 0.29) is 12.4 Å². The first-order valence-corrected chi connectivity index (χ1v) is 23.0. The number of hydrogen-bond donors (Lipinski definition) is 1. The zero-order valence-electron chi connectivity index (χ0n) is 34.0. The lowest BCUT2D eigenvalue weighted by Gasteiger charge is -2.10. The van der Waals surface area contributed by atoms with Gasteiger partial charge >= 0.3 is 5.97 Å². The lowest BCUT2D eigenvalue weighted by Crippen LogP contribution is -2.16. The van der Waals surface area contributed by atoms with Gasteiger partial charge in [-0.2, -0.15) is 0 Å². The van der Waals surface area contributed by atoms with Crippen LogP contribution < -0.4 is 0 Å². The first kappa shape index (κ1) is 48.4. The molecule has 0 aliphatic carbocycles. The molecule has 0 radical (unpaired) electrons. The van der Waals surface area contributed by atoms with Crippen LogP contribution in [-0.2, 0) is 9.53 Å². The first-order valence-electron chi connectivity index (χ1n) is 23.0. The Bertz CT molecular complexity index is 605. The molecule has 0 rings (SSSR count). The maximum atomic E-state index is 12.1. The summed E-state index contributed by atoms with van der Waals surface area (Å²) in [6.45, 7) is 5.11. The monoisotopic (exact) mass is 693 g/mol. The quantitative estimate of drug-likeness (QED) is 0.0511. The second kappa shape index (κ2) is 43.6. The van der Waals surface area contributed by atoms with Crippen LogP contribution in [0.15, 0.2) is 0 Å². The van der Waals surface area contributed by atoms with Gasteiger partial charge in [0.25, 0.3) is 0 Å². The number of aliphatic hydroxyl groups excluding tert-OH is 1. The lowest BCUT2D eigenvalue weighted by molar-refractivity contribution is -0.146. The van der Waals surface area contributed by atoms with Crippen molar-refractivity contribution in [1.29, 1.82) is 0 Å². The number of esters is 1. The van der Waals surface area contributed by atoms with Gasteiger partial charge in [-0.3, -0.25) is 4.79 Å². The van der Waals surface area contributed by atoms with E-state index in [1.54, 1.807) is 0 Å². The zero-order chi connectivity index (χ0) is 35.6. The summed E-state index contributed by atoms with van der Waals surface area (Å²) >= 11 is 0. The molecule has 0 aromatic rings. The molecule has 294 valence electrons. The van der Waals surface area contributed by atoms with Crippen molar-refractivity contribution in [3.8, 4) is 0 Å². The number of rotatable bonds is 43. The Labute approximate surface area is 309 Å². The molecule has 0 aromatic heterocycles. The van der Waals surface area contributed by atoms with Gasteiger partial charge in [0.1, 0.15) is 0 Å². The Morgan fingerprint density at radius 2 is 0.592 bits per heavy atom. The van der Waals surface area contributed by atoms with Crippen molar-refractivity contribution >= 4 is 5.97 Å². The van der Waals surface area contributed by atoms with Crippen molar-refractivity contribution < 1.29 is 14.6 Å². The van der Waals surface area contributed by atoms with Crippen LogP contribution in [0.25, 0.3) is 0 Å². The highest BCUT2D eigenvalue weighted by molar-refractivity contribution is 5.69. The van der Waals surface area contributed by atoms with Crippen LogP contribution in [0.5, 0.6) is 0 Å². The van der Waals surface area contributed by atoms with E-state index < -0.39 is 6.10 Å². The van der Waals surface area contributed by atoms with Crippen LogP contribution in [0, 0.1) is 0 Å². The normalized spacial score (nSPS) is 12.1. The highest BCUT2D eigenvalue weighted by atomic mass is 16.5. The molecule has 0 saturated heterocycles. The van der Waals surface area contributed by atoms with Crippen LogP contribution in [0.1, 0.15) is 277 Å². The molecule has 0 saturated carbocycles. The summed E-state index contributed by atoms with van der Waals surface area (Å²) in [6.07, 6.45) is 53.9. The predicted molar refractivity (Wildman–Crippen MR) is 218 cm³/mol. The van der Waals surface area contributed by atoms with E-state index >= 15 is 0 Å². The second-order valence-electron chi connectivity index (χ2n) is 15.9. The fourth-order valence-electron chi connectivity index (χ4n) is 7.36. The average molecular weight is 693 g/mol. The third-order valence-electron chi connectivity index (χ3n) is 10.8. The van der Waals surface area contributed by atoms with Gasteiger partial charge in [0.05, 0.1) is 19.1 Å². The molecule has 1 atom stereocenters. The third-order valence-corrected chi connectivity index (χ3v) is 10.8. The van der Waals surface area contributed by atoms with Crippen molar-refractivity contribution in [2.45, 2.75) is 283 Å². The molecule has 0 aromatic carbocycles. The van der Waals surface area contributed by atoms with Crippen molar-refractivity contribution in [3.05, 3.63) is 0 Å². The van der Waals surface area contributed by atoms with Gasteiger partial charge in [0.2, 0.25) is 0 Å². The van der Waals surface area contributed by atoms with Gasteiger partial charge in [-0.1, -0.05) is 258 Å². The van der Waals surface area contributed by atoms with E-state index in [0.717, 1.165) is 25.7 Å². The van der Waals surface area contributed by atoms with Crippen LogP contribution >= 0.6 is 0 Å². The number of carbonyl (C=O) groups excluding carboxylic acids is 1. The van der Waals surface area contributed by atoms with E-state index in [1.165, 1.54) is 231 Å². The number of aliphatic hydroxyl groups is 1. The Kier molecular flexibility index (Phi) is 43.1. The molecule has 3 heteroatoms. The molecule has 1 unspecified atom stereocenters. The molecule has 0 amide bonds. The summed E-state index contributed by atoms with van der Waals surface area (Å²) in [5, 5.41) is 10.2. The maximum Gasteiger partial charge on any atom is 0.308 e. The minimum Gasteiger partial charge on any atom is -0.466 e. The molecular formula is C46H92O3. The average Bonchev–Trinajstić information content (AvgIpc) is 3.10.